The number of ketones is 1. The van der Waals surface area contributed by atoms with Gasteiger partial charge in [-0.2, -0.15) is 0 Å². The van der Waals surface area contributed by atoms with Crippen LogP contribution in [0.25, 0.3) is 0 Å². The van der Waals surface area contributed by atoms with E-state index in [0.717, 1.165) is 17.2 Å². The lowest BCUT2D eigenvalue weighted by Gasteiger charge is -2.09. The number of hydrogen-bond donors (Lipinski definition) is 0. The fourth-order valence-electron chi connectivity index (χ4n) is 1.92. The van der Waals surface area contributed by atoms with Gasteiger partial charge < -0.3 is 4.74 Å². The van der Waals surface area contributed by atoms with E-state index in [-0.39, 0.29) is 17.1 Å². The Hall–Kier alpha value is -1.87. The monoisotopic (exact) mass is 292 g/mol. The summed E-state index contributed by atoms with van der Waals surface area (Å²) in [5.41, 5.74) is 2.59. The van der Waals surface area contributed by atoms with Crippen molar-refractivity contribution in [1.82, 2.24) is 0 Å². The minimum absolute atomic E-state index is 0.104. The maximum Gasteiger partial charge on any atom is 0.194 e. The minimum atomic E-state index is -0.571. The van der Waals surface area contributed by atoms with Crippen molar-refractivity contribution in [2.75, 3.05) is 7.11 Å². The molecule has 0 N–H and O–H groups in total. The summed E-state index contributed by atoms with van der Waals surface area (Å²) in [5.74, 6) is -0.773. The number of halogens is 2. The van der Waals surface area contributed by atoms with Gasteiger partial charge in [0, 0.05) is 11.1 Å². The molecular weight excluding hydrogens is 279 g/mol. The van der Waals surface area contributed by atoms with Crippen LogP contribution in [0.5, 0.6) is 5.75 Å². The van der Waals surface area contributed by atoms with E-state index >= 15 is 0 Å². The van der Waals surface area contributed by atoms with E-state index in [9.17, 15) is 9.18 Å². The molecule has 0 saturated carbocycles. The Morgan fingerprint density at radius 2 is 1.80 bits per heavy atom. The van der Waals surface area contributed by atoms with Crippen molar-refractivity contribution in [3.05, 3.63) is 63.4 Å². The first-order chi connectivity index (χ1) is 9.43. The van der Waals surface area contributed by atoms with Gasteiger partial charge in [0.05, 0.1) is 12.1 Å². The maximum absolute atomic E-state index is 13.7. The van der Waals surface area contributed by atoms with Gasteiger partial charge in [0.2, 0.25) is 0 Å². The molecule has 2 aromatic carbocycles. The van der Waals surface area contributed by atoms with Gasteiger partial charge in [-0.25, -0.2) is 4.39 Å². The van der Waals surface area contributed by atoms with Crippen molar-refractivity contribution in [3.63, 3.8) is 0 Å². The third kappa shape index (κ3) is 2.68. The molecule has 2 nitrogen and oxygen atoms in total. The van der Waals surface area contributed by atoms with Crippen LogP contribution in [0.1, 0.15) is 27.0 Å². The molecule has 0 amide bonds. The first kappa shape index (κ1) is 14.5. The van der Waals surface area contributed by atoms with Crippen LogP contribution in [0.2, 0.25) is 5.02 Å². The summed E-state index contributed by atoms with van der Waals surface area (Å²) in [6.07, 6.45) is 0. The SMILES string of the molecule is COc1ccc(C(=O)c2cc(C)c(C)cc2Cl)cc1F. The Morgan fingerprint density at radius 1 is 1.15 bits per heavy atom. The predicted octanol–water partition coefficient (Wildman–Crippen LogP) is 4.34. The fraction of sp³-hybridized carbons (Fsp3) is 0.188. The van der Waals surface area contributed by atoms with Gasteiger partial charge >= 0.3 is 0 Å². The summed E-state index contributed by atoms with van der Waals surface area (Å²) in [6, 6.07) is 7.58. The van der Waals surface area contributed by atoms with E-state index in [1.807, 2.05) is 13.8 Å². The van der Waals surface area contributed by atoms with Crippen molar-refractivity contribution in [2.45, 2.75) is 13.8 Å². The summed E-state index contributed by atoms with van der Waals surface area (Å²) in [5, 5.41) is 0.370. The number of aryl methyl sites for hydroxylation is 2. The molecule has 0 saturated heterocycles. The summed E-state index contributed by atoms with van der Waals surface area (Å²) < 4.78 is 18.5. The van der Waals surface area contributed by atoms with Crippen LogP contribution in [0.3, 0.4) is 0 Å². The van der Waals surface area contributed by atoms with Gasteiger partial charge in [-0.3, -0.25) is 4.79 Å². The van der Waals surface area contributed by atoms with Gasteiger partial charge in [-0.05, 0) is 55.3 Å². The topological polar surface area (TPSA) is 26.3 Å². The van der Waals surface area contributed by atoms with Crippen LogP contribution in [-0.4, -0.2) is 12.9 Å². The van der Waals surface area contributed by atoms with Gasteiger partial charge in [-0.1, -0.05) is 11.6 Å². The minimum Gasteiger partial charge on any atom is -0.494 e. The molecule has 0 bridgehead atoms. The molecule has 0 radical (unpaired) electrons. The third-order valence-electron chi connectivity index (χ3n) is 3.24. The summed E-state index contributed by atoms with van der Waals surface area (Å²) >= 11 is 6.11. The summed E-state index contributed by atoms with van der Waals surface area (Å²) in [7, 11) is 1.38. The van der Waals surface area contributed by atoms with E-state index in [2.05, 4.69) is 0 Å². The van der Waals surface area contributed by atoms with Crippen molar-refractivity contribution in [2.24, 2.45) is 0 Å². The van der Waals surface area contributed by atoms with Gasteiger partial charge in [0.1, 0.15) is 0 Å². The van der Waals surface area contributed by atoms with Crippen LogP contribution < -0.4 is 4.74 Å². The number of methoxy groups -OCH3 is 1. The lowest BCUT2D eigenvalue weighted by Crippen LogP contribution is -2.04. The van der Waals surface area contributed by atoms with Crippen molar-refractivity contribution in [1.29, 1.82) is 0 Å². The molecule has 0 atom stereocenters. The van der Waals surface area contributed by atoms with E-state index < -0.39 is 5.82 Å². The van der Waals surface area contributed by atoms with Gasteiger partial charge in [-0.15, -0.1) is 0 Å². The Kier molecular flexibility index (Phi) is 4.09. The summed E-state index contributed by atoms with van der Waals surface area (Å²) in [6.45, 7) is 3.82. The molecule has 0 unspecified atom stereocenters. The second-order valence-corrected chi connectivity index (χ2v) is 5.00. The largest absolute Gasteiger partial charge is 0.494 e. The predicted molar refractivity (Wildman–Crippen MR) is 77.3 cm³/mol. The molecule has 20 heavy (non-hydrogen) atoms. The average Bonchev–Trinajstić information content (AvgIpc) is 2.42. The number of rotatable bonds is 3. The molecule has 0 aliphatic carbocycles. The van der Waals surface area contributed by atoms with E-state index in [1.54, 1.807) is 12.1 Å². The van der Waals surface area contributed by atoms with Crippen molar-refractivity contribution in [3.8, 4) is 5.75 Å². The second-order valence-electron chi connectivity index (χ2n) is 4.59. The van der Waals surface area contributed by atoms with Gasteiger partial charge in [0.25, 0.3) is 0 Å². The molecule has 0 heterocycles. The van der Waals surface area contributed by atoms with Crippen molar-refractivity contribution >= 4 is 17.4 Å². The number of hydrogen-bond acceptors (Lipinski definition) is 2. The van der Waals surface area contributed by atoms with E-state index in [1.165, 1.54) is 19.2 Å². The third-order valence-corrected chi connectivity index (χ3v) is 3.55. The molecule has 0 aliphatic rings. The average molecular weight is 293 g/mol. The Morgan fingerprint density at radius 3 is 2.40 bits per heavy atom. The molecule has 0 aliphatic heterocycles. The molecule has 0 aromatic heterocycles. The number of benzene rings is 2. The first-order valence-corrected chi connectivity index (χ1v) is 6.47. The zero-order valence-electron chi connectivity index (χ0n) is 11.5. The Bertz CT molecular complexity index is 680. The molecular formula is C16H14ClFO2. The molecule has 4 heteroatoms. The van der Waals surface area contributed by atoms with E-state index in [4.69, 9.17) is 16.3 Å². The van der Waals surface area contributed by atoms with Crippen molar-refractivity contribution < 1.29 is 13.9 Å². The highest BCUT2D eigenvalue weighted by atomic mass is 35.5. The molecule has 2 rings (SSSR count). The standard InChI is InChI=1S/C16H14ClFO2/c1-9-6-12(13(17)7-10(9)2)16(19)11-4-5-15(20-3)14(18)8-11/h4-8H,1-3H3. The smallest absolute Gasteiger partial charge is 0.194 e. The molecule has 104 valence electrons. The second kappa shape index (κ2) is 5.63. The highest BCUT2D eigenvalue weighted by Crippen LogP contribution is 2.25. The maximum atomic E-state index is 13.7. The van der Waals surface area contributed by atoms with Crippen LogP contribution >= 0.6 is 11.6 Å². The van der Waals surface area contributed by atoms with E-state index in [0.29, 0.717) is 10.6 Å². The Balaban J connectivity index is 2.46. The lowest BCUT2D eigenvalue weighted by atomic mass is 9.99. The zero-order chi connectivity index (χ0) is 14.9. The number of carbonyl (C=O) groups is 1. The first-order valence-electron chi connectivity index (χ1n) is 6.09. The normalized spacial score (nSPS) is 10.4. The van der Waals surface area contributed by atoms with Crippen LogP contribution in [0, 0.1) is 19.7 Å². The number of ether oxygens (including phenoxy) is 1. The quantitative estimate of drug-likeness (QED) is 0.787. The van der Waals surface area contributed by atoms with Gasteiger partial charge in [0.15, 0.2) is 17.3 Å². The molecule has 0 spiro atoms. The summed E-state index contributed by atoms with van der Waals surface area (Å²) in [4.78, 5) is 12.4. The zero-order valence-corrected chi connectivity index (χ0v) is 12.2. The lowest BCUT2D eigenvalue weighted by molar-refractivity contribution is 0.103. The highest BCUT2D eigenvalue weighted by molar-refractivity contribution is 6.35. The number of carbonyl (C=O) groups excluding carboxylic acids is 1. The van der Waals surface area contributed by atoms with Crippen LogP contribution in [0.15, 0.2) is 30.3 Å². The molecule has 0 fully saturated rings. The molecule has 2 aromatic rings. The van der Waals surface area contributed by atoms with Crippen LogP contribution in [-0.2, 0) is 0 Å². The Labute approximate surface area is 122 Å². The highest BCUT2D eigenvalue weighted by Gasteiger charge is 2.16. The fourth-order valence-corrected chi connectivity index (χ4v) is 2.22. The van der Waals surface area contributed by atoms with Crippen LogP contribution in [0.4, 0.5) is 4.39 Å².